The van der Waals surface area contributed by atoms with Crippen molar-refractivity contribution in [2.75, 3.05) is 20.3 Å². The minimum absolute atomic E-state index is 0.0441. The van der Waals surface area contributed by atoms with Crippen LogP contribution in [0.4, 0.5) is 0 Å². The Morgan fingerprint density at radius 1 is 1.12 bits per heavy atom. The van der Waals surface area contributed by atoms with Crippen LogP contribution in [0.15, 0.2) is 23.5 Å². The molecule has 6 nitrogen and oxygen atoms in total. The van der Waals surface area contributed by atoms with Crippen LogP contribution in [-0.4, -0.2) is 32.1 Å². The SMILES string of the molecule is COc1cc(C2CC(=O)OC3=C2C(=O)CC(C)(C)C3)cc2c1OCCO2. The molecule has 1 unspecified atom stereocenters. The lowest BCUT2D eigenvalue weighted by molar-refractivity contribution is -0.142. The topological polar surface area (TPSA) is 71.1 Å². The summed E-state index contributed by atoms with van der Waals surface area (Å²) >= 11 is 0. The predicted molar refractivity (Wildman–Crippen MR) is 92.5 cm³/mol. The van der Waals surface area contributed by atoms with E-state index < -0.39 is 0 Å². The van der Waals surface area contributed by atoms with Crippen LogP contribution in [0.2, 0.25) is 0 Å². The lowest BCUT2D eigenvalue weighted by atomic mass is 9.71. The average molecular weight is 358 g/mol. The summed E-state index contributed by atoms with van der Waals surface area (Å²) in [4.78, 5) is 25.0. The molecular formula is C20H22O6. The number of carbonyl (C=O) groups is 2. The van der Waals surface area contributed by atoms with E-state index in [9.17, 15) is 9.59 Å². The maximum Gasteiger partial charge on any atom is 0.311 e. The quantitative estimate of drug-likeness (QED) is 0.757. The van der Waals surface area contributed by atoms with E-state index >= 15 is 0 Å². The van der Waals surface area contributed by atoms with Crippen molar-refractivity contribution >= 4 is 11.8 Å². The zero-order chi connectivity index (χ0) is 18.5. The van der Waals surface area contributed by atoms with E-state index in [1.165, 1.54) is 0 Å². The fourth-order valence-electron chi connectivity index (χ4n) is 3.98. The minimum atomic E-state index is -0.348. The Morgan fingerprint density at radius 2 is 1.88 bits per heavy atom. The van der Waals surface area contributed by atoms with Crippen molar-refractivity contribution in [1.82, 2.24) is 0 Å². The standard InChI is InChI=1S/C20H22O6/c1-20(2)9-13(21)18-12(8-17(22)26-16(18)10-20)11-6-14(23-3)19-15(7-11)24-4-5-25-19/h6-7,12H,4-5,8-10H2,1-3H3. The summed E-state index contributed by atoms with van der Waals surface area (Å²) in [7, 11) is 1.56. The van der Waals surface area contributed by atoms with Crippen molar-refractivity contribution in [3.05, 3.63) is 29.0 Å². The van der Waals surface area contributed by atoms with Gasteiger partial charge in [0, 0.05) is 24.3 Å². The number of hydrogen-bond acceptors (Lipinski definition) is 6. The maximum atomic E-state index is 12.8. The van der Waals surface area contributed by atoms with Gasteiger partial charge in [0.1, 0.15) is 19.0 Å². The van der Waals surface area contributed by atoms with Crippen LogP contribution in [0.5, 0.6) is 17.2 Å². The normalized spacial score (nSPS) is 24.0. The van der Waals surface area contributed by atoms with Crippen molar-refractivity contribution in [3.8, 4) is 17.2 Å². The summed E-state index contributed by atoms with van der Waals surface area (Å²) in [6.45, 7) is 4.94. The number of ether oxygens (including phenoxy) is 4. The molecule has 0 saturated carbocycles. The monoisotopic (exact) mass is 358 g/mol. The first-order valence-electron chi connectivity index (χ1n) is 8.82. The Balaban J connectivity index is 1.82. The highest BCUT2D eigenvalue weighted by Crippen LogP contribution is 2.49. The van der Waals surface area contributed by atoms with Gasteiger partial charge in [0.15, 0.2) is 17.3 Å². The molecule has 0 amide bonds. The van der Waals surface area contributed by atoms with E-state index in [0.29, 0.717) is 54.6 Å². The van der Waals surface area contributed by atoms with Gasteiger partial charge in [0.2, 0.25) is 5.75 Å². The van der Waals surface area contributed by atoms with E-state index in [4.69, 9.17) is 18.9 Å². The number of allylic oxidation sites excluding steroid dienone is 2. The molecule has 6 heteroatoms. The zero-order valence-electron chi connectivity index (χ0n) is 15.2. The Hall–Kier alpha value is -2.50. The van der Waals surface area contributed by atoms with Gasteiger partial charge in [-0.3, -0.25) is 9.59 Å². The highest BCUT2D eigenvalue weighted by atomic mass is 16.6. The number of esters is 1. The van der Waals surface area contributed by atoms with Crippen molar-refractivity contribution in [2.24, 2.45) is 5.41 Å². The molecule has 138 valence electrons. The lowest BCUT2D eigenvalue weighted by Gasteiger charge is -2.37. The number of carbonyl (C=O) groups excluding carboxylic acids is 2. The summed E-state index contributed by atoms with van der Waals surface area (Å²) in [6, 6.07) is 3.67. The van der Waals surface area contributed by atoms with Gasteiger partial charge in [0.25, 0.3) is 0 Å². The van der Waals surface area contributed by atoms with Crippen molar-refractivity contribution in [1.29, 1.82) is 0 Å². The maximum absolute atomic E-state index is 12.8. The van der Waals surface area contributed by atoms with Crippen molar-refractivity contribution in [3.63, 3.8) is 0 Å². The molecule has 2 aliphatic heterocycles. The lowest BCUT2D eigenvalue weighted by Crippen LogP contribution is -2.34. The molecule has 1 aliphatic carbocycles. The molecule has 1 aromatic rings. The molecule has 1 aromatic carbocycles. The molecule has 0 aromatic heterocycles. The van der Waals surface area contributed by atoms with Gasteiger partial charge in [-0.1, -0.05) is 13.8 Å². The summed E-state index contributed by atoms with van der Waals surface area (Å²) in [5, 5.41) is 0. The molecular weight excluding hydrogens is 336 g/mol. The van der Waals surface area contributed by atoms with Crippen LogP contribution >= 0.6 is 0 Å². The average Bonchev–Trinajstić information content (AvgIpc) is 2.58. The molecule has 26 heavy (non-hydrogen) atoms. The third-order valence-electron chi connectivity index (χ3n) is 5.09. The van der Waals surface area contributed by atoms with Gasteiger partial charge >= 0.3 is 5.97 Å². The number of fused-ring (bicyclic) bond motifs is 1. The summed E-state index contributed by atoms with van der Waals surface area (Å²) in [5.74, 6) is 1.58. The van der Waals surface area contributed by atoms with E-state index in [0.717, 1.165) is 5.56 Å². The van der Waals surface area contributed by atoms with Gasteiger partial charge in [-0.05, 0) is 23.1 Å². The van der Waals surface area contributed by atoms with Gasteiger partial charge in [-0.2, -0.15) is 0 Å². The fourth-order valence-corrected chi connectivity index (χ4v) is 3.98. The first-order valence-corrected chi connectivity index (χ1v) is 8.82. The number of ketones is 1. The number of hydrogen-bond donors (Lipinski definition) is 0. The van der Waals surface area contributed by atoms with Crippen molar-refractivity contribution in [2.45, 2.75) is 39.0 Å². The summed E-state index contributed by atoms with van der Waals surface area (Å²) in [6.07, 6.45) is 1.16. The highest BCUT2D eigenvalue weighted by molar-refractivity contribution is 6.00. The molecule has 0 N–H and O–H groups in total. The van der Waals surface area contributed by atoms with Crippen LogP contribution in [-0.2, 0) is 14.3 Å². The van der Waals surface area contributed by atoms with Crippen LogP contribution in [0, 0.1) is 5.41 Å². The molecule has 1 atom stereocenters. The summed E-state index contributed by atoms with van der Waals surface area (Å²) < 4.78 is 22.2. The van der Waals surface area contributed by atoms with Crippen molar-refractivity contribution < 1.29 is 28.5 Å². The molecule has 3 aliphatic rings. The molecule has 4 rings (SSSR count). The second-order valence-electron chi connectivity index (χ2n) is 7.76. The van der Waals surface area contributed by atoms with E-state index in [1.54, 1.807) is 7.11 Å². The van der Waals surface area contributed by atoms with Crippen LogP contribution < -0.4 is 14.2 Å². The second-order valence-corrected chi connectivity index (χ2v) is 7.76. The number of rotatable bonds is 2. The molecule has 0 spiro atoms. The molecule has 0 saturated heterocycles. The smallest absolute Gasteiger partial charge is 0.311 e. The number of methoxy groups -OCH3 is 1. The molecule has 0 fully saturated rings. The molecule has 2 heterocycles. The number of Topliss-reactive ketones (excluding diaryl/α,β-unsaturated/α-hetero) is 1. The van der Waals surface area contributed by atoms with E-state index in [-0.39, 0.29) is 29.5 Å². The number of benzene rings is 1. The largest absolute Gasteiger partial charge is 0.493 e. The highest BCUT2D eigenvalue weighted by Gasteiger charge is 2.42. The Labute approximate surface area is 152 Å². The zero-order valence-corrected chi connectivity index (χ0v) is 15.2. The Morgan fingerprint density at radius 3 is 2.65 bits per heavy atom. The first kappa shape index (κ1) is 16.9. The Bertz CT molecular complexity index is 803. The second kappa shape index (κ2) is 6.04. The van der Waals surface area contributed by atoms with Crippen LogP contribution in [0.25, 0.3) is 0 Å². The van der Waals surface area contributed by atoms with Gasteiger partial charge in [-0.15, -0.1) is 0 Å². The van der Waals surface area contributed by atoms with Gasteiger partial charge in [-0.25, -0.2) is 0 Å². The fraction of sp³-hybridized carbons (Fsp3) is 0.500. The van der Waals surface area contributed by atoms with Gasteiger partial charge in [0.05, 0.1) is 13.5 Å². The predicted octanol–water partition coefficient (Wildman–Crippen LogP) is 3.14. The third kappa shape index (κ3) is 2.83. The van der Waals surface area contributed by atoms with Crippen LogP contribution in [0.3, 0.4) is 0 Å². The van der Waals surface area contributed by atoms with Crippen LogP contribution in [0.1, 0.15) is 44.6 Å². The Kier molecular flexibility index (Phi) is 3.93. The molecule has 0 radical (unpaired) electrons. The van der Waals surface area contributed by atoms with E-state index in [1.807, 2.05) is 26.0 Å². The van der Waals surface area contributed by atoms with E-state index in [2.05, 4.69) is 0 Å². The summed E-state index contributed by atoms with van der Waals surface area (Å²) in [5.41, 5.74) is 1.22. The first-order chi connectivity index (χ1) is 12.4. The van der Waals surface area contributed by atoms with Gasteiger partial charge < -0.3 is 18.9 Å². The third-order valence-corrected chi connectivity index (χ3v) is 5.09. The molecule has 0 bridgehead atoms. The minimum Gasteiger partial charge on any atom is -0.493 e.